The first-order chi connectivity index (χ1) is 16.3. The number of hydrogen-bond donors (Lipinski definition) is 2. The zero-order valence-corrected chi connectivity index (χ0v) is 19.2. The second kappa shape index (κ2) is 9.43. The molecule has 1 aliphatic rings. The van der Waals surface area contributed by atoms with Crippen molar-refractivity contribution in [3.05, 3.63) is 101 Å². The maximum atomic E-state index is 13.1. The molecular weight excluding hydrogens is 428 g/mol. The third kappa shape index (κ3) is 4.39. The topological polar surface area (TPSA) is 92.3 Å². The predicted octanol–water partition coefficient (Wildman–Crippen LogP) is 4.56. The highest BCUT2D eigenvalue weighted by molar-refractivity contribution is 6.17. The number of benzene rings is 3. The van der Waals surface area contributed by atoms with Crippen LogP contribution in [0.3, 0.4) is 0 Å². The number of amides is 3. The lowest BCUT2D eigenvalue weighted by atomic mass is 9.72. The van der Waals surface area contributed by atoms with Gasteiger partial charge in [0.25, 0.3) is 5.91 Å². The summed E-state index contributed by atoms with van der Waals surface area (Å²) in [6.45, 7) is 3.87. The Morgan fingerprint density at radius 1 is 0.912 bits per heavy atom. The van der Waals surface area contributed by atoms with Gasteiger partial charge in [-0.25, -0.2) is 0 Å². The molecule has 172 valence electrons. The van der Waals surface area contributed by atoms with E-state index in [1.807, 2.05) is 26.0 Å². The maximum Gasteiger partial charge on any atom is 0.256 e. The molecule has 0 aliphatic carbocycles. The van der Waals surface area contributed by atoms with Crippen molar-refractivity contribution in [2.24, 2.45) is 0 Å². The second-order valence-corrected chi connectivity index (χ2v) is 8.59. The SMILES string of the molecule is CCC1(c2ccc(NC(=O)c3ccccc3C(=O)c3ccc(C)cc3)cc2)CCC(=O)NC1=O. The zero-order chi connectivity index (χ0) is 24.3. The molecule has 3 amide bonds. The molecule has 0 aromatic heterocycles. The Bertz CT molecular complexity index is 1260. The van der Waals surface area contributed by atoms with Crippen LogP contribution in [0.2, 0.25) is 0 Å². The molecule has 1 aliphatic heterocycles. The van der Waals surface area contributed by atoms with Gasteiger partial charge in [0.1, 0.15) is 0 Å². The Kier molecular flexibility index (Phi) is 6.41. The number of rotatable bonds is 6. The van der Waals surface area contributed by atoms with Crippen LogP contribution in [0.25, 0.3) is 0 Å². The summed E-state index contributed by atoms with van der Waals surface area (Å²) in [6.07, 6.45) is 1.31. The fraction of sp³-hybridized carbons (Fsp3) is 0.214. The lowest BCUT2D eigenvalue weighted by Crippen LogP contribution is -2.51. The molecule has 0 bridgehead atoms. The fourth-order valence-electron chi connectivity index (χ4n) is 4.38. The van der Waals surface area contributed by atoms with Crippen LogP contribution >= 0.6 is 0 Å². The van der Waals surface area contributed by atoms with Crippen molar-refractivity contribution in [3.8, 4) is 0 Å². The van der Waals surface area contributed by atoms with Crippen LogP contribution < -0.4 is 10.6 Å². The fourth-order valence-corrected chi connectivity index (χ4v) is 4.38. The number of carbonyl (C=O) groups is 4. The van der Waals surface area contributed by atoms with Crippen molar-refractivity contribution >= 4 is 29.2 Å². The Morgan fingerprint density at radius 3 is 2.18 bits per heavy atom. The molecule has 3 aromatic rings. The maximum absolute atomic E-state index is 13.1. The predicted molar refractivity (Wildman–Crippen MR) is 130 cm³/mol. The van der Waals surface area contributed by atoms with Gasteiger partial charge < -0.3 is 5.32 Å². The van der Waals surface area contributed by atoms with E-state index < -0.39 is 11.3 Å². The summed E-state index contributed by atoms with van der Waals surface area (Å²) in [5.41, 5.74) is 2.76. The smallest absolute Gasteiger partial charge is 0.256 e. The van der Waals surface area contributed by atoms with Gasteiger partial charge in [0.2, 0.25) is 11.8 Å². The van der Waals surface area contributed by atoms with Crippen LogP contribution in [0.5, 0.6) is 0 Å². The van der Waals surface area contributed by atoms with E-state index in [2.05, 4.69) is 10.6 Å². The molecule has 1 atom stereocenters. The number of aryl methyl sites for hydroxylation is 1. The summed E-state index contributed by atoms with van der Waals surface area (Å²) in [5.74, 6) is -1.15. The Hall–Kier alpha value is -4.06. The number of nitrogens with one attached hydrogen (secondary N) is 2. The summed E-state index contributed by atoms with van der Waals surface area (Å²) < 4.78 is 0. The third-order valence-corrected chi connectivity index (χ3v) is 6.50. The van der Waals surface area contributed by atoms with Crippen LogP contribution in [0.15, 0.2) is 72.8 Å². The van der Waals surface area contributed by atoms with Gasteiger partial charge in [0.05, 0.1) is 11.0 Å². The van der Waals surface area contributed by atoms with E-state index in [-0.39, 0.29) is 23.2 Å². The first-order valence-corrected chi connectivity index (χ1v) is 11.3. The molecule has 34 heavy (non-hydrogen) atoms. The number of carbonyl (C=O) groups excluding carboxylic acids is 4. The van der Waals surface area contributed by atoms with Crippen LogP contribution in [0.4, 0.5) is 5.69 Å². The van der Waals surface area contributed by atoms with Gasteiger partial charge in [-0.2, -0.15) is 0 Å². The van der Waals surface area contributed by atoms with E-state index in [0.717, 1.165) is 11.1 Å². The third-order valence-electron chi connectivity index (χ3n) is 6.50. The number of anilines is 1. The first-order valence-electron chi connectivity index (χ1n) is 11.3. The van der Waals surface area contributed by atoms with E-state index in [4.69, 9.17) is 0 Å². The number of piperidine rings is 1. The summed E-state index contributed by atoms with van der Waals surface area (Å²) in [7, 11) is 0. The molecule has 1 saturated heterocycles. The molecule has 3 aromatic carbocycles. The van der Waals surface area contributed by atoms with Crippen LogP contribution in [-0.4, -0.2) is 23.5 Å². The second-order valence-electron chi connectivity index (χ2n) is 8.59. The Balaban J connectivity index is 1.55. The Morgan fingerprint density at radius 2 is 1.56 bits per heavy atom. The van der Waals surface area contributed by atoms with Gasteiger partial charge in [-0.05, 0) is 43.5 Å². The lowest BCUT2D eigenvalue weighted by molar-refractivity contribution is -0.138. The van der Waals surface area contributed by atoms with Gasteiger partial charge in [0.15, 0.2) is 5.78 Å². The lowest BCUT2D eigenvalue weighted by Gasteiger charge is -2.35. The molecule has 6 heteroatoms. The van der Waals surface area contributed by atoms with Gasteiger partial charge in [-0.15, -0.1) is 0 Å². The van der Waals surface area contributed by atoms with E-state index in [9.17, 15) is 19.2 Å². The van der Waals surface area contributed by atoms with E-state index in [0.29, 0.717) is 36.1 Å². The molecular formula is C28H26N2O4. The minimum Gasteiger partial charge on any atom is -0.322 e. The van der Waals surface area contributed by atoms with Crippen molar-refractivity contribution in [2.75, 3.05) is 5.32 Å². The first kappa shape index (κ1) is 23.1. The standard InChI is InChI=1S/C28H26N2O4/c1-3-28(17-16-24(31)30-27(28)34)20-12-14-21(15-13-20)29-26(33)23-7-5-4-6-22(23)25(32)19-10-8-18(2)9-11-19/h4-15H,3,16-17H2,1-2H3,(H,29,33)(H,30,31,34). The minimum absolute atomic E-state index is 0.219. The van der Waals surface area contributed by atoms with Gasteiger partial charge in [-0.1, -0.05) is 67.1 Å². The average Bonchev–Trinajstić information content (AvgIpc) is 2.85. The van der Waals surface area contributed by atoms with Gasteiger partial charge >= 0.3 is 0 Å². The molecule has 6 nitrogen and oxygen atoms in total. The summed E-state index contributed by atoms with van der Waals surface area (Å²) in [4.78, 5) is 50.3. The van der Waals surface area contributed by atoms with Crippen molar-refractivity contribution < 1.29 is 19.2 Å². The van der Waals surface area contributed by atoms with Gasteiger partial charge in [0, 0.05) is 23.2 Å². The van der Waals surface area contributed by atoms with Crippen LogP contribution in [0.1, 0.15) is 63.6 Å². The molecule has 1 heterocycles. The van der Waals surface area contributed by atoms with E-state index in [1.165, 1.54) is 0 Å². The molecule has 2 N–H and O–H groups in total. The minimum atomic E-state index is -0.760. The molecule has 1 fully saturated rings. The quantitative estimate of drug-likeness (QED) is 0.422. The van der Waals surface area contributed by atoms with E-state index in [1.54, 1.807) is 60.7 Å². The highest BCUT2D eigenvalue weighted by Gasteiger charge is 2.42. The van der Waals surface area contributed by atoms with Crippen molar-refractivity contribution in [3.63, 3.8) is 0 Å². The normalized spacial score (nSPS) is 17.7. The van der Waals surface area contributed by atoms with Crippen LogP contribution in [0, 0.1) is 6.92 Å². The van der Waals surface area contributed by atoms with E-state index >= 15 is 0 Å². The largest absolute Gasteiger partial charge is 0.322 e. The van der Waals surface area contributed by atoms with Crippen molar-refractivity contribution in [2.45, 2.75) is 38.5 Å². The number of hydrogen-bond acceptors (Lipinski definition) is 4. The highest BCUT2D eigenvalue weighted by Crippen LogP contribution is 2.36. The average molecular weight is 455 g/mol. The van der Waals surface area contributed by atoms with Crippen molar-refractivity contribution in [1.29, 1.82) is 0 Å². The van der Waals surface area contributed by atoms with Gasteiger partial charge in [-0.3, -0.25) is 24.5 Å². The summed E-state index contributed by atoms with van der Waals surface area (Å²) in [5, 5.41) is 5.29. The summed E-state index contributed by atoms with van der Waals surface area (Å²) >= 11 is 0. The number of imide groups is 1. The molecule has 0 saturated carbocycles. The zero-order valence-electron chi connectivity index (χ0n) is 19.2. The molecule has 1 unspecified atom stereocenters. The number of ketones is 1. The van der Waals surface area contributed by atoms with Crippen LogP contribution in [-0.2, 0) is 15.0 Å². The van der Waals surface area contributed by atoms with Crippen molar-refractivity contribution in [1.82, 2.24) is 5.32 Å². The Labute approximate surface area is 198 Å². The monoisotopic (exact) mass is 454 g/mol. The molecule has 0 radical (unpaired) electrons. The highest BCUT2D eigenvalue weighted by atomic mass is 16.2. The molecule has 4 rings (SSSR count). The molecule has 0 spiro atoms. The summed E-state index contributed by atoms with van der Waals surface area (Å²) in [6, 6.07) is 21.0.